The Kier molecular flexibility index (Phi) is 9.10. The molecule has 11 heteroatoms. The Morgan fingerprint density at radius 3 is 2.48 bits per heavy atom. The van der Waals surface area contributed by atoms with E-state index >= 15 is 0 Å². The predicted molar refractivity (Wildman–Crippen MR) is 127 cm³/mol. The number of nitrogens with zero attached hydrogens (tertiary/aromatic N) is 2. The van der Waals surface area contributed by atoms with Gasteiger partial charge in [-0.1, -0.05) is 6.92 Å². The van der Waals surface area contributed by atoms with Gasteiger partial charge in [0.15, 0.2) is 0 Å². The summed E-state index contributed by atoms with van der Waals surface area (Å²) in [6.45, 7) is 7.89. The van der Waals surface area contributed by atoms with Crippen LogP contribution >= 0.6 is 0 Å². The minimum Gasteiger partial charge on any atom is -0.491 e. The van der Waals surface area contributed by atoms with Crippen LogP contribution in [-0.4, -0.2) is 87.9 Å². The maximum absolute atomic E-state index is 13.2. The summed E-state index contributed by atoms with van der Waals surface area (Å²) in [7, 11) is -0.299. The molecule has 3 amide bonds. The molecule has 0 radical (unpaired) electrons. The van der Waals surface area contributed by atoms with Crippen molar-refractivity contribution >= 4 is 27.6 Å². The lowest BCUT2D eigenvalue weighted by Crippen LogP contribution is -2.48. The number of sulfonamides is 1. The zero-order chi connectivity index (χ0) is 24.9. The van der Waals surface area contributed by atoms with Gasteiger partial charge >= 0.3 is 6.03 Å². The monoisotopic (exact) mass is 484 g/mol. The average Bonchev–Trinajstić information content (AvgIpc) is 2.71. The summed E-state index contributed by atoms with van der Waals surface area (Å²) in [4.78, 5) is 26.8. The third-order valence-electron chi connectivity index (χ3n) is 5.49. The normalized spacial score (nSPS) is 23.2. The average molecular weight is 485 g/mol. The highest BCUT2D eigenvalue weighted by Gasteiger charge is 2.31. The molecule has 0 unspecified atom stereocenters. The van der Waals surface area contributed by atoms with Crippen LogP contribution in [0, 0.1) is 5.92 Å². The van der Waals surface area contributed by atoms with Gasteiger partial charge in [0, 0.05) is 45.0 Å². The van der Waals surface area contributed by atoms with Crippen molar-refractivity contribution in [1.82, 2.24) is 14.5 Å². The van der Waals surface area contributed by atoms with Crippen LogP contribution in [0.1, 0.15) is 38.1 Å². The molecule has 186 valence electrons. The summed E-state index contributed by atoms with van der Waals surface area (Å²) >= 11 is 0. The van der Waals surface area contributed by atoms with E-state index in [9.17, 15) is 18.0 Å². The molecule has 0 aliphatic carbocycles. The largest absolute Gasteiger partial charge is 0.491 e. The van der Waals surface area contributed by atoms with Crippen LogP contribution in [0.4, 0.5) is 10.5 Å². The number of hydrogen-bond donors (Lipinski definition) is 2. The van der Waals surface area contributed by atoms with Crippen molar-refractivity contribution in [2.24, 2.45) is 5.92 Å². The van der Waals surface area contributed by atoms with E-state index in [1.807, 2.05) is 20.8 Å². The van der Waals surface area contributed by atoms with Crippen molar-refractivity contribution in [3.63, 3.8) is 0 Å². The first-order valence-corrected chi connectivity index (χ1v) is 12.8. The van der Waals surface area contributed by atoms with Crippen molar-refractivity contribution in [1.29, 1.82) is 0 Å². The topological polar surface area (TPSA) is 117 Å². The molecule has 1 heterocycles. The number of carbonyl (C=O) groups excluding carboxylic acids is 2. The lowest BCUT2D eigenvalue weighted by Gasteiger charge is -2.34. The molecule has 1 aliphatic rings. The summed E-state index contributed by atoms with van der Waals surface area (Å²) in [5, 5.41) is 5.46. The number of carbonyl (C=O) groups is 2. The summed E-state index contributed by atoms with van der Waals surface area (Å²) in [5.41, 5.74) is 0.763. The fourth-order valence-electron chi connectivity index (χ4n) is 3.71. The van der Waals surface area contributed by atoms with E-state index in [1.54, 1.807) is 39.3 Å². The van der Waals surface area contributed by atoms with Gasteiger partial charge in [-0.15, -0.1) is 0 Å². The number of benzene rings is 1. The highest BCUT2D eigenvalue weighted by atomic mass is 32.2. The quantitative estimate of drug-likeness (QED) is 0.675. The third-order valence-corrected chi connectivity index (χ3v) is 6.85. The van der Waals surface area contributed by atoms with Crippen LogP contribution in [0.5, 0.6) is 5.75 Å². The van der Waals surface area contributed by atoms with Crippen LogP contribution in [0.3, 0.4) is 0 Å². The standard InChI is InChI=1S/C22H36N4O6S/c1-14(2)23-22(28)24-17-8-9-18-19(10-17)32-13-16(4)26(33(7,29)30)11-15(3)20(31-6)12-25(5)21(18)27/h8-10,14-16,20H,11-13H2,1-7H3,(H2,23,24,28)/t15-,16-,20-/m1/s1. The first-order valence-electron chi connectivity index (χ1n) is 10.9. The maximum Gasteiger partial charge on any atom is 0.319 e. The third kappa shape index (κ3) is 7.31. The molecule has 1 aliphatic heterocycles. The van der Waals surface area contributed by atoms with Gasteiger partial charge in [0.2, 0.25) is 10.0 Å². The Hall–Kier alpha value is -2.37. The Morgan fingerprint density at radius 1 is 1.24 bits per heavy atom. The Labute approximate surface area is 196 Å². The van der Waals surface area contributed by atoms with Gasteiger partial charge in [-0.05, 0) is 38.8 Å². The number of ether oxygens (including phenoxy) is 2. The van der Waals surface area contributed by atoms with E-state index in [0.717, 1.165) is 0 Å². The molecule has 10 nitrogen and oxygen atoms in total. The number of fused-ring (bicyclic) bond motifs is 1. The van der Waals surface area contributed by atoms with Crippen LogP contribution < -0.4 is 15.4 Å². The van der Waals surface area contributed by atoms with Crippen molar-refractivity contribution < 1.29 is 27.5 Å². The van der Waals surface area contributed by atoms with E-state index in [-0.39, 0.29) is 55.4 Å². The summed E-state index contributed by atoms with van der Waals surface area (Å²) < 4.78 is 37.9. The van der Waals surface area contributed by atoms with Gasteiger partial charge < -0.3 is 25.0 Å². The highest BCUT2D eigenvalue weighted by molar-refractivity contribution is 7.88. The Morgan fingerprint density at radius 2 is 1.91 bits per heavy atom. The minimum absolute atomic E-state index is 0.0308. The number of amides is 3. The zero-order valence-corrected chi connectivity index (χ0v) is 21.2. The number of methoxy groups -OCH3 is 1. The fraction of sp³-hybridized carbons (Fsp3) is 0.636. The summed E-state index contributed by atoms with van der Waals surface area (Å²) in [6.07, 6.45) is 0.808. The number of hydrogen-bond acceptors (Lipinski definition) is 6. The van der Waals surface area contributed by atoms with E-state index in [0.29, 0.717) is 11.3 Å². The molecule has 2 rings (SSSR count). The number of anilines is 1. The lowest BCUT2D eigenvalue weighted by molar-refractivity contribution is 0.0213. The molecule has 0 spiro atoms. The molecule has 2 N–H and O–H groups in total. The first-order chi connectivity index (χ1) is 15.3. The minimum atomic E-state index is -3.51. The Balaban J connectivity index is 2.45. The van der Waals surface area contributed by atoms with Crippen LogP contribution in [-0.2, 0) is 14.8 Å². The number of urea groups is 1. The predicted octanol–water partition coefficient (Wildman–Crippen LogP) is 1.98. The molecule has 0 bridgehead atoms. The second-order valence-corrected chi connectivity index (χ2v) is 10.8. The number of rotatable bonds is 4. The van der Waals surface area contributed by atoms with Gasteiger partial charge in [-0.2, -0.15) is 4.31 Å². The van der Waals surface area contributed by atoms with Gasteiger partial charge in [0.1, 0.15) is 12.4 Å². The molecule has 0 saturated heterocycles. The van der Waals surface area contributed by atoms with Gasteiger partial charge in [-0.3, -0.25) is 4.79 Å². The molecule has 33 heavy (non-hydrogen) atoms. The van der Waals surface area contributed by atoms with E-state index in [1.165, 1.54) is 15.5 Å². The molecule has 1 aromatic rings. The number of nitrogens with one attached hydrogen (secondary N) is 2. The van der Waals surface area contributed by atoms with Crippen LogP contribution in [0.25, 0.3) is 0 Å². The molecule has 0 fully saturated rings. The van der Waals surface area contributed by atoms with Crippen molar-refractivity contribution in [3.05, 3.63) is 23.8 Å². The number of likely N-dealkylation sites (N-methyl/N-ethyl adjacent to an activating group) is 1. The molecular formula is C22H36N4O6S. The second kappa shape index (κ2) is 11.2. The highest BCUT2D eigenvalue weighted by Crippen LogP contribution is 2.27. The maximum atomic E-state index is 13.2. The SMILES string of the molecule is CO[C@@H]1CN(C)C(=O)c2ccc(NC(=O)NC(C)C)cc2OC[C@@H](C)N(S(C)(=O)=O)C[C@H]1C. The first kappa shape index (κ1) is 26.9. The lowest BCUT2D eigenvalue weighted by atomic mass is 10.0. The van der Waals surface area contributed by atoms with Crippen LogP contribution in [0.2, 0.25) is 0 Å². The van der Waals surface area contributed by atoms with E-state index in [2.05, 4.69) is 10.6 Å². The molecule has 0 aromatic heterocycles. The summed E-state index contributed by atoms with van der Waals surface area (Å²) in [6, 6.07) is 3.88. The second-order valence-electron chi connectivity index (χ2n) is 8.89. The Bertz CT molecular complexity index is 952. The van der Waals surface area contributed by atoms with Crippen molar-refractivity contribution in [3.8, 4) is 5.75 Å². The van der Waals surface area contributed by atoms with Gasteiger partial charge in [-0.25, -0.2) is 13.2 Å². The fourth-order valence-corrected chi connectivity index (χ4v) is 4.93. The van der Waals surface area contributed by atoms with E-state index in [4.69, 9.17) is 9.47 Å². The van der Waals surface area contributed by atoms with Gasteiger partial charge in [0.05, 0.1) is 24.0 Å². The molecule has 0 saturated carbocycles. The summed E-state index contributed by atoms with van der Waals surface area (Å²) in [5.74, 6) is -0.157. The zero-order valence-electron chi connectivity index (χ0n) is 20.4. The molecular weight excluding hydrogens is 448 g/mol. The van der Waals surface area contributed by atoms with Gasteiger partial charge in [0.25, 0.3) is 5.91 Å². The van der Waals surface area contributed by atoms with Crippen molar-refractivity contribution in [2.45, 2.75) is 45.9 Å². The smallest absolute Gasteiger partial charge is 0.319 e. The van der Waals surface area contributed by atoms with E-state index < -0.39 is 16.1 Å². The van der Waals surface area contributed by atoms with Crippen LogP contribution in [0.15, 0.2) is 18.2 Å². The molecule has 3 atom stereocenters. The van der Waals surface area contributed by atoms with Crippen molar-refractivity contribution in [2.75, 3.05) is 45.4 Å². The molecule has 1 aromatic carbocycles.